The maximum Gasteiger partial charge on any atom is 0.518 e. The van der Waals surface area contributed by atoms with E-state index in [4.69, 9.17) is 0 Å². The van der Waals surface area contributed by atoms with Gasteiger partial charge in [-0.15, -0.1) is 6.58 Å². The van der Waals surface area contributed by atoms with Gasteiger partial charge >= 0.3 is 15.5 Å². The summed E-state index contributed by atoms with van der Waals surface area (Å²) in [6, 6.07) is 0. The van der Waals surface area contributed by atoms with E-state index in [0.29, 0.717) is 12.8 Å². The van der Waals surface area contributed by atoms with Crippen molar-refractivity contribution in [2.45, 2.75) is 115 Å². The van der Waals surface area contributed by atoms with Crippen LogP contribution in [0.3, 0.4) is 0 Å². The van der Waals surface area contributed by atoms with Crippen LogP contribution in [0.25, 0.3) is 0 Å². The first-order valence-electron chi connectivity index (χ1n) is 10.9. The van der Waals surface area contributed by atoms with Crippen LogP contribution in [0.2, 0.25) is 0 Å². The number of nitrogens with zero attached hydrogens (tertiary/aromatic N) is 1. The molecule has 0 heterocycles. The molecule has 0 unspecified atom stereocenters. The number of halogens is 3. The van der Waals surface area contributed by atoms with E-state index < -0.39 is 21.4 Å². The largest absolute Gasteiger partial charge is 0.861 e. The summed E-state index contributed by atoms with van der Waals surface area (Å²) in [7, 11) is -5.70. The quantitative estimate of drug-likeness (QED) is 0.101. The fraction of sp³-hybridized carbons (Fsp3) is 0.857. The Morgan fingerprint density at radius 2 is 1.10 bits per heavy atom. The normalized spacial score (nSPS) is 13.0. The van der Waals surface area contributed by atoms with Crippen molar-refractivity contribution in [3.8, 4) is 0 Å². The van der Waals surface area contributed by atoms with E-state index in [9.17, 15) is 26.7 Å². The number of alkyl halides is 3. The van der Waals surface area contributed by atoms with E-state index in [1.807, 2.05) is 6.08 Å². The first-order chi connectivity index (χ1) is 13.7. The zero-order valence-corrected chi connectivity index (χ0v) is 18.3. The van der Waals surface area contributed by atoms with Gasteiger partial charge in [0.2, 0.25) is 0 Å². The molecule has 0 spiro atoms. The molecule has 0 rings (SSSR count). The standard InChI is InChI=1S/C21H38F3NO3S/c1-2-3-4-5-6-7-8-9-10-11-12-13-14-15-16-17-18-19-20(26)25-29(27,28)21(22,23)24/h2H,1,3-19H2,(H,25,26)/p-1. The minimum Gasteiger partial charge on any atom is -0.861 e. The van der Waals surface area contributed by atoms with E-state index in [0.717, 1.165) is 25.7 Å². The van der Waals surface area contributed by atoms with Crippen molar-refractivity contribution in [1.29, 1.82) is 0 Å². The minimum absolute atomic E-state index is 0.260. The number of unbranched alkanes of at least 4 members (excludes halogenated alkanes) is 15. The van der Waals surface area contributed by atoms with Crippen LogP contribution < -0.4 is 5.11 Å². The van der Waals surface area contributed by atoms with Crippen LogP contribution in [0.1, 0.15) is 109 Å². The van der Waals surface area contributed by atoms with E-state index >= 15 is 0 Å². The highest BCUT2D eigenvalue weighted by Crippen LogP contribution is 2.24. The average molecular weight is 441 g/mol. The molecule has 0 N–H and O–H groups in total. The lowest BCUT2D eigenvalue weighted by atomic mass is 10.0. The summed E-state index contributed by atoms with van der Waals surface area (Å²) in [5, 5.41) is 11.2. The van der Waals surface area contributed by atoms with E-state index in [1.54, 1.807) is 0 Å². The van der Waals surface area contributed by atoms with Gasteiger partial charge in [0.25, 0.3) is 0 Å². The van der Waals surface area contributed by atoms with Gasteiger partial charge in [-0.05, 0) is 31.6 Å². The van der Waals surface area contributed by atoms with E-state index in [2.05, 4.69) is 11.0 Å². The lowest BCUT2D eigenvalue weighted by Crippen LogP contribution is -2.26. The summed E-state index contributed by atoms with van der Waals surface area (Å²) >= 11 is 0. The van der Waals surface area contributed by atoms with Crippen molar-refractivity contribution < 1.29 is 26.7 Å². The third-order valence-corrected chi connectivity index (χ3v) is 5.84. The Hall–Kier alpha value is -1.05. The lowest BCUT2D eigenvalue weighted by molar-refractivity contribution is -0.218. The second-order valence-electron chi connectivity index (χ2n) is 7.54. The van der Waals surface area contributed by atoms with Crippen molar-refractivity contribution in [2.24, 2.45) is 4.40 Å². The Morgan fingerprint density at radius 3 is 1.45 bits per heavy atom. The smallest absolute Gasteiger partial charge is 0.518 e. The van der Waals surface area contributed by atoms with Crippen LogP contribution in [0.4, 0.5) is 13.2 Å². The van der Waals surface area contributed by atoms with Crippen molar-refractivity contribution in [3.05, 3.63) is 12.7 Å². The molecule has 0 aliphatic rings. The van der Waals surface area contributed by atoms with Crippen molar-refractivity contribution >= 4 is 15.9 Å². The predicted octanol–water partition coefficient (Wildman–Crippen LogP) is 6.41. The Balaban J connectivity index is 3.43. The molecule has 0 saturated carbocycles. The molecule has 0 saturated heterocycles. The molecule has 0 fully saturated rings. The van der Waals surface area contributed by atoms with Gasteiger partial charge < -0.3 is 5.11 Å². The Bertz CT molecular complexity index is 546. The van der Waals surface area contributed by atoms with Crippen LogP contribution in [-0.2, 0) is 10.0 Å². The molecular weight excluding hydrogens is 403 g/mol. The molecule has 0 aliphatic carbocycles. The second kappa shape index (κ2) is 16.7. The van der Waals surface area contributed by atoms with Crippen LogP contribution in [0.5, 0.6) is 0 Å². The summed E-state index contributed by atoms with van der Waals surface area (Å²) in [6.07, 6.45) is 19.8. The molecule has 0 bridgehead atoms. The van der Waals surface area contributed by atoms with Gasteiger partial charge in [0.05, 0.1) is 0 Å². The third kappa shape index (κ3) is 16.4. The van der Waals surface area contributed by atoms with Crippen molar-refractivity contribution in [1.82, 2.24) is 0 Å². The van der Waals surface area contributed by atoms with Gasteiger partial charge in [-0.1, -0.05) is 89.5 Å². The number of rotatable bonds is 19. The van der Waals surface area contributed by atoms with Crippen molar-refractivity contribution in [2.75, 3.05) is 0 Å². The van der Waals surface area contributed by atoms with Gasteiger partial charge in [0.15, 0.2) is 0 Å². The van der Waals surface area contributed by atoms with Crippen LogP contribution >= 0.6 is 0 Å². The average Bonchev–Trinajstić information content (AvgIpc) is 2.63. The number of allylic oxidation sites excluding steroid dienone is 1. The van der Waals surface area contributed by atoms with E-state index in [-0.39, 0.29) is 6.42 Å². The summed E-state index contributed by atoms with van der Waals surface area (Å²) < 4.78 is 60.1. The van der Waals surface area contributed by atoms with Gasteiger partial charge in [0.1, 0.15) is 0 Å². The first-order valence-corrected chi connectivity index (χ1v) is 12.3. The maximum absolute atomic E-state index is 12.1. The van der Waals surface area contributed by atoms with Gasteiger partial charge in [-0.25, -0.2) is 0 Å². The molecule has 0 amide bonds. The molecule has 8 heteroatoms. The maximum atomic E-state index is 12.1. The minimum atomic E-state index is -5.70. The highest BCUT2D eigenvalue weighted by atomic mass is 32.2. The number of hydrogen-bond acceptors (Lipinski definition) is 3. The third-order valence-electron chi connectivity index (χ3n) is 4.81. The van der Waals surface area contributed by atoms with Gasteiger partial charge in [-0.3, -0.25) is 0 Å². The zero-order chi connectivity index (χ0) is 22.0. The van der Waals surface area contributed by atoms with Gasteiger partial charge in [-0.2, -0.15) is 26.0 Å². The highest BCUT2D eigenvalue weighted by molar-refractivity contribution is 7.91. The van der Waals surface area contributed by atoms with Crippen LogP contribution in [0, 0.1) is 0 Å². The van der Waals surface area contributed by atoms with Crippen LogP contribution in [-0.4, -0.2) is 19.8 Å². The predicted molar refractivity (Wildman–Crippen MR) is 111 cm³/mol. The zero-order valence-electron chi connectivity index (χ0n) is 17.5. The first kappa shape index (κ1) is 27.9. The van der Waals surface area contributed by atoms with E-state index in [1.165, 1.54) is 64.2 Å². The molecule has 0 aromatic carbocycles. The molecule has 29 heavy (non-hydrogen) atoms. The topological polar surface area (TPSA) is 69.6 Å². The molecule has 0 aliphatic heterocycles. The molecule has 4 nitrogen and oxygen atoms in total. The molecule has 172 valence electrons. The summed E-state index contributed by atoms with van der Waals surface area (Å²) in [6.45, 7) is 3.73. The Morgan fingerprint density at radius 1 is 0.759 bits per heavy atom. The highest BCUT2D eigenvalue weighted by Gasteiger charge is 2.45. The fourth-order valence-electron chi connectivity index (χ4n) is 3.09. The molecular formula is C21H37F3NO3S-. The molecule has 0 aromatic heterocycles. The summed E-state index contributed by atoms with van der Waals surface area (Å²) in [5.74, 6) is -1.22. The summed E-state index contributed by atoms with van der Waals surface area (Å²) in [5.41, 5.74) is -5.51. The van der Waals surface area contributed by atoms with Crippen molar-refractivity contribution in [3.63, 3.8) is 0 Å². The second-order valence-corrected chi connectivity index (χ2v) is 9.13. The SMILES string of the molecule is C=CCCCCCCCCCCCCCCCCC/C([O-])=N/S(=O)(=O)C(F)(F)F. The summed E-state index contributed by atoms with van der Waals surface area (Å²) in [4.78, 5) is 0. The number of hydrogen-bond donors (Lipinski definition) is 0. The fourth-order valence-corrected chi connectivity index (χ4v) is 3.56. The molecule has 0 atom stereocenters. The lowest BCUT2D eigenvalue weighted by Gasteiger charge is -2.11. The van der Waals surface area contributed by atoms with Crippen LogP contribution in [0.15, 0.2) is 17.1 Å². The van der Waals surface area contributed by atoms with Gasteiger partial charge in [0, 0.05) is 0 Å². The Kier molecular flexibility index (Phi) is 16.1. The molecule has 0 radical (unpaired) electrons. The number of sulfonamides is 1. The Labute approximate surface area is 174 Å². The monoisotopic (exact) mass is 440 g/mol. The molecule has 0 aromatic rings.